The highest BCUT2D eigenvalue weighted by Gasteiger charge is 2.60. The van der Waals surface area contributed by atoms with Crippen LogP contribution >= 0.6 is 0 Å². The van der Waals surface area contributed by atoms with E-state index in [1.807, 2.05) is 38.1 Å². The molecule has 0 saturated carbocycles. The summed E-state index contributed by atoms with van der Waals surface area (Å²) in [6, 6.07) is 7.85. The molecule has 1 aliphatic heterocycles. The Morgan fingerprint density at radius 3 is 2.47 bits per heavy atom. The number of rotatable bonds is 3. The largest absolute Gasteiger partial charge is 0.479 e. The number of epoxide rings is 1. The van der Waals surface area contributed by atoms with Gasteiger partial charge in [-0.1, -0.05) is 36.8 Å². The van der Waals surface area contributed by atoms with Gasteiger partial charge in [0, 0.05) is 0 Å². The van der Waals surface area contributed by atoms with E-state index in [0.29, 0.717) is 6.42 Å². The number of hydrogen-bond acceptors (Lipinski definition) is 2. The van der Waals surface area contributed by atoms with Crippen molar-refractivity contribution in [2.75, 3.05) is 0 Å². The van der Waals surface area contributed by atoms with Crippen molar-refractivity contribution in [1.29, 1.82) is 0 Å². The molecule has 1 aromatic carbocycles. The van der Waals surface area contributed by atoms with E-state index in [0.717, 1.165) is 11.1 Å². The Kier molecular flexibility index (Phi) is 2.27. The van der Waals surface area contributed by atoms with E-state index in [2.05, 4.69) is 0 Å². The normalized spacial score (nSPS) is 28.8. The lowest BCUT2D eigenvalue weighted by Gasteiger charge is -2.09. The fraction of sp³-hybridized carbons (Fsp3) is 0.417. The summed E-state index contributed by atoms with van der Waals surface area (Å²) in [5.74, 6) is -0.877. The molecule has 0 bridgehead atoms. The number of ether oxygens (including phenoxy) is 1. The second kappa shape index (κ2) is 3.35. The molecule has 80 valence electrons. The lowest BCUT2D eigenvalue weighted by atomic mass is 9.92. The van der Waals surface area contributed by atoms with Gasteiger partial charge in [0.15, 0.2) is 6.10 Å². The van der Waals surface area contributed by atoms with Gasteiger partial charge < -0.3 is 9.84 Å². The van der Waals surface area contributed by atoms with Gasteiger partial charge in [-0.05, 0) is 18.9 Å². The highest BCUT2D eigenvalue weighted by atomic mass is 16.6. The number of aryl methyl sites for hydroxylation is 1. The molecule has 0 radical (unpaired) electrons. The number of carboxylic acids is 1. The number of carbonyl (C=O) groups is 1. The van der Waals surface area contributed by atoms with E-state index in [1.54, 1.807) is 0 Å². The van der Waals surface area contributed by atoms with E-state index in [1.165, 1.54) is 0 Å². The minimum Gasteiger partial charge on any atom is -0.479 e. The van der Waals surface area contributed by atoms with Crippen LogP contribution in [0.4, 0.5) is 0 Å². The molecule has 1 heterocycles. The molecule has 1 aliphatic rings. The summed E-state index contributed by atoms with van der Waals surface area (Å²) in [5.41, 5.74) is 1.54. The molecule has 15 heavy (non-hydrogen) atoms. The van der Waals surface area contributed by atoms with Crippen LogP contribution in [0.3, 0.4) is 0 Å². The van der Waals surface area contributed by atoms with Crippen molar-refractivity contribution in [1.82, 2.24) is 0 Å². The molecular weight excluding hydrogens is 192 g/mol. The third kappa shape index (κ3) is 1.53. The van der Waals surface area contributed by atoms with Crippen molar-refractivity contribution in [3.8, 4) is 0 Å². The molecule has 2 rings (SSSR count). The second-order valence-electron chi connectivity index (χ2n) is 3.95. The maximum Gasteiger partial charge on any atom is 0.336 e. The first-order valence-corrected chi connectivity index (χ1v) is 5.08. The summed E-state index contributed by atoms with van der Waals surface area (Å²) in [6.07, 6.45) is 0.0118. The maximum absolute atomic E-state index is 10.9. The molecule has 1 aromatic rings. The third-order valence-corrected chi connectivity index (χ3v) is 2.98. The Morgan fingerprint density at radius 2 is 2.07 bits per heavy atom. The first kappa shape index (κ1) is 10.2. The molecule has 0 amide bonds. The molecule has 0 spiro atoms. The molecule has 3 nitrogen and oxygen atoms in total. The molecule has 0 aliphatic carbocycles. The molecule has 1 saturated heterocycles. The van der Waals surface area contributed by atoms with Gasteiger partial charge in [0.25, 0.3) is 0 Å². The van der Waals surface area contributed by atoms with Gasteiger partial charge in [-0.3, -0.25) is 0 Å². The van der Waals surface area contributed by atoms with Crippen LogP contribution in [0, 0.1) is 6.92 Å². The van der Waals surface area contributed by atoms with Crippen molar-refractivity contribution in [3.05, 3.63) is 35.4 Å². The van der Waals surface area contributed by atoms with Crippen LogP contribution in [0.25, 0.3) is 0 Å². The molecule has 2 unspecified atom stereocenters. The summed E-state index contributed by atoms with van der Waals surface area (Å²) in [4.78, 5) is 10.9. The van der Waals surface area contributed by atoms with Crippen LogP contribution in [-0.4, -0.2) is 17.2 Å². The molecule has 2 atom stereocenters. The van der Waals surface area contributed by atoms with Crippen LogP contribution < -0.4 is 0 Å². The molecule has 1 N–H and O–H groups in total. The fourth-order valence-electron chi connectivity index (χ4n) is 1.95. The number of hydrogen-bond donors (Lipinski definition) is 1. The summed E-state index contributed by atoms with van der Waals surface area (Å²) in [7, 11) is 0. The summed E-state index contributed by atoms with van der Waals surface area (Å²) < 4.78 is 5.34. The highest BCUT2D eigenvalue weighted by Crippen LogP contribution is 2.49. The van der Waals surface area contributed by atoms with E-state index < -0.39 is 17.7 Å². The highest BCUT2D eigenvalue weighted by molar-refractivity contribution is 5.77. The smallest absolute Gasteiger partial charge is 0.336 e. The Hall–Kier alpha value is -1.35. The van der Waals surface area contributed by atoms with Crippen LogP contribution in [0.1, 0.15) is 24.5 Å². The molecular formula is C12H14O3. The van der Waals surface area contributed by atoms with Crippen molar-refractivity contribution in [2.45, 2.75) is 32.0 Å². The Bertz CT molecular complexity index is 382. The van der Waals surface area contributed by atoms with Gasteiger partial charge in [-0.25, -0.2) is 4.79 Å². The minimum absolute atomic E-state index is 0.584. The van der Waals surface area contributed by atoms with E-state index >= 15 is 0 Å². The average molecular weight is 206 g/mol. The van der Waals surface area contributed by atoms with E-state index in [-0.39, 0.29) is 0 Å². The van der Waals surface area contributed by atoms with Crippen LogP contribution in [-0.2, 0) is 15.1 Å². The molecule has 0 aromatic heterocycles. The lowest BCUT2D eigenvalue weighted by molar-refractivity contribution is -0.138. The molecule has 3 heteroatoms. The summed E-state index contributed by atoms with van der Waals surface area (Å²) >= 11 is 0. The number of benzene rings is 1. The van der Waals surface area contributed by atoms with Crippen molar-refractivity contribution >= 4 is 5.97 Å². The van der Waals surface area contributed by atoms with E-state index in [9.17, 15) is 4.79 Å². The van der Waals surface area contributed by atoms with Crippen LogP contribution in [0.15, 0.2) is 24.3 Å². The van der Waals surface area contributed by atoms with Gasteiger partial charge >= 0.3 is 5.97 Å². The predicted molar refractivity (Wildman–Crippen MR) is 55.7 cm³/mol. The minimum atomic E-state index is -0.877. The van der Waals surface area contributed by atoms with Gasteiger partial charge in [-0.15, -0.1) is 0 Å². The first-order chi connectivity index (χ1) is 7.10. The number of carboxylic acid groups (broad SMARTS) is 1. The van der Waals surface area contributed by atoms with Crippen LogP contribution in [0.5, 0.6) is 0 Å². The monoisotopic (exact) mass is 206 g/mol. The van der Waals surface area contributed by atoms with Gasteiger partial charge in [0.2, 0.25) is 0 Å². The predicted octanol–water partition coefficient (Wildman–Crippen LogP) is 2.08. The Balaban J connectivity index is 2.30. The maximum atomic E-state index is 10.9. The average Bonchev–Trinajstić information content (AvgIpc) is 2.95. The Labute approximate surface area is 88.7 Å². The standard InChI is InChI=1S/C12H14O3/c1-3-12(10(15-12)11(13)14)9-6-4-8(2)5-7-9/h4-7,10H,3H2,1-2H3,(H,13,14). The van der Waals surface area contributed by atoms with Gasteiger partial charge in [-0.2, -0.15) is 0 Å². The lowest BCUT2D eigenvalue weighted by Crippen LogP contribution is -2.17. The van der Waals surface area contributed by atoms with Gasteiger partial charge in [0.05, 0.1) is 0 Å². The fourth-order valence-corrected chi connectivity index (χ4v) is 1.95. The van der Waals surface area contributed by atoms with Crippen LogP contribution in [0.2, 0.25) is 0 Å². The summed E-state index contributed by atoms with van der Waals surface area (Å²) in [5, 5.41) is 8.91. The zero-order valence-corrected chi connectivity index (χ0v) is 8.86. The SMILES string of the molecule is CCC1(c2ccc(C)cc2)OC1C(=O)O. The van der Waals surface area contributed by atoms with Crippen molar-refractivity contribution in [2.24, 2.45) is 0 Å². The van der Waals surface area contributed by atoms with Gasteiger partial charge in [0.1, 0.15) is 5.60 Å². The first-order valence-electron chi connectivity index (χ1n) is 5.08. The second-order valence-corrected chi connectivity index (χ2v) is 3.95. The zero-order chi connectivity index (χ0) is 11.1. The summed E-state index contributed by atoms with van der Waals surface area (Å²) in [6.45, 7) is 3.95. The number of aliphatic carboxylic acids is 1. The topological polar surface area (TPSA) is 49.8 Å². The van der Waals surface area contributed by atoms with Crippen molar-refractivity contribution in [3.63, 3.8) is 0 Å². The Morgan fingerprint density at radius 1 is 1.47 bits per heavy atom. The molecule has 1 fully saturated rings. The third-order valence-electron chi connectivity index (χ3n) is 2.98. The van der Waals surface area contributed by atoms with E-state index in [4.69, 9.17) is 9.84 Å². The van der Waals surface area contributed by atoms with Crippen molar-refractivity contribution < 1.29 is 14.6 Å². The zero-order valence-electron chi connectivity index (χ0n) is 8.86. The quantitative estimate of drug-likeness (QED) is 0.770.